The maximum atomic E-state index is 11.5. The van der Waals surface area contributed by atoms with Crippen molar-refractivity contribution in [1.29, 1.82) is 0 Å². The van der Waals surface area contributed by atoms with E-state index in [2.05, 4.69) is 9.36 Å². The molecule has 0 saturated heterocycles. The van der Waals surface area contributed by atoms with Crippen molar-refractivity contribution in [1.82, 2.24) is 9.36 Å². The fourth-order valence-corrected chi connectivity index (χ4v) is 2.51. The van der Waals surface area contributed by atoms with Crippen molar-refractivity contribution in [3.8, 4) is 0 Å². The number of nitrogens with zero attached hydrogens (tertiary/aromatic N) is 2. The van der Waals surface area contributed by atoms with Gasteiger partial charge in [0.15, 0.2) is 4.34 Å². The summed E-state index contributed by atoms with van der Waals surface area (Å²) in [5, 5.41) is 0. The normalized spacial score (nSPS) is 12.8. The number of hydrogen-bond donors (Lipinski definition) is 0. The van der Waals surface area contributed by atoms with E-state index in [1.54, 1.807) is 0 Å². The van der Waals surface area contributed by atoms with Gasteiger partial charge in [0, 0.05) is 5.92 Å². The van der Waals surface area contributed by atoms with Crippen molar-refractivity contribution in [2.75, 3.05) is 5.75 Å². The molecule has 0 fully saturated rings. The molecule has 0 aliphatic rings. The molecule has 3 nitrogen and oxygen atoms in total. The SMILES string of the molecule is CCC(C)C(=O)CSc1nc(C)ns1. The Balaban J connectivity index is 2.37. The van der Waals surface area contributed by atoms with E-state index in [9.17, 15) is 4.79 Å². The molecular weight excluding hydrogens is 216 g/mol. The zero-order valence-electron chi connectivity index (χ0n) is 8.61. The molecule has 1 unspecified atom stereocenters. The Morgan fingerprint density at radius 2 is 2.36 bits per heavy atom. The molecule has 0 amide bonds. The maximum Gasteiger partial charge on any atom is 0.170 e. The molecule has 78 valence electrons. The molecule has 0 aliphatic carbocycles. The number of ketones is 1. The molecular formula is C9H14N2OS2. The maximum absolute atomic E-state index is 11.5. The predicted molar refractivity (Wildman–Crippen MR) is 59.8 cm³/mol. The first-order chi connectivity index (χ1) is 6.63. The minimum Gasteiger partial charge on any atom is -0.298 e. The van der Waals surface area contributed by atoms with E-state index in [4.69, 9.17) is 0 Å². The fourth-order valence-electron chi connectivity index (χ4n) is 0.839. The van der Waals surface area contributed by atoms with Gasteiger partial charge in [-0.05, 0) is 24.9 Å². The number of aryl methyl sites for hydroxylation is 1. The highest BCUT2D eigenvalue weighted by Crippen LogP contribution is 2.21. The molecule has 0 saturated carbocycles. The number of hydrogen-bond acceptors (Lipinski definition) is 5. The first-order valence-corrected chi connectivity index (χ1v) is 6.35. The van der Waals surface area contributed by atoms with Crippen LogP contribution in [-0.4, -0.2) is 20.9 Å². The first-order valence-electron chi connectivity index (χ1n) is 4.59. The zero-order chi connectivity index (χ0) is 10.6. The molecule has 5 heteroatoms. The fraction of sp³-hybridized carbons (Fsp3) is 0.667. The van der Waals surface area contributed by atoms with Gasteiger partial charge in [0.25, 0.3) is 0 Å². The molecule has 1 rings (SSSR count). The Bertz CT molecular complexity index is 312. The summed E-state index contributed by atoms with van der Waals surface area (Å²) < 4.78 is 4.95. The lowest BCUT2D eigenvalue weighted by Gasteiger charge is -2.04. The third kappa shape index (κ3) is 3.38. The summed E-state index contributed by atoms with van der Waals surface area (Å²) in [6.45, 7) is 5.85. The molecule has 0 aliphatic heterocycles. The van der Waals surface area contributed by atoms with Crippen molar-refractivity contribution in [3.05, 3.63) is 5.82 Å². The zero-order valence-corrected chi connectivity index (χ0v) is 10.2. The molecule has 14 heavy (non-hydrogen) atoms. The molecule has 0 radical (unpaired) electrons. The van der Waals surface area contributed by atoms with Gasteiger partial charge in [0.2, 0.25) is 0 Å². The van der Waals surface area contributed by atoms with Crippen LogP contribution < -0.4 is 0 Å². The Labute approximate surface area is 92.5 Å². The van der Waals surface area contributed by atoms with E-state index >= 15 is 0 Å². The number of rotatable bonds is 5. The topological polar surface area (TPSA) is 42.9 Å². The molecule has 1 aromatic heterocycles. The van der Waals surface area contributed by atoms with Gasteiger partial charge in [-0.3, -0.25) is 4.79 Å². The predicted octanol–water partition coefficient (Wildman–Crippen LogP) is 2.55. The Morgan fingerprint density at radius 1 is 1.64 bits per heavy atom. The van der Waals surface area contributed by atoms with Crippen molar-refractivity contribution >= 4 is 29.1 Å². The minimum absolute atomic E-state index is 0.163. The second-order valence-corrected chi connectivity index (χ2v) is 5.15. The van der Waals surface area contributed by atoms with Gasteiger partial charge in [-0.15, -0.1) is 0 Å². The number of carbonyl (C=O) groups excluding carboxylic acids is 1. The molecule has 0 bridgehead atoms. The van der Waals surface area contributed by atoms with E-state index in [1.807, 2.05) is 20.8 Å². The van der Waals surface area contributed by atoms with Crippen molar-refractivity contribution in [2.24, 2.45) is 5.92 Å². The van der Waals surface area contributed by atoms with Gasteiger partial charge in [-0.25, -0.2) is 4.98 Å². The third-order valence-electron chi connectivity index (χ3n) is 2.01. The van der Waals surface area contributed by atoms with Gasteiger partial charge in [0.1, 0.15) is 11.6 Å². The van der Waals surface area contributed by atoms with Crippen LogP contribution in [0, 0.1) is 12.8 Å². The van der Waals surface area contributed by atoms with Crippen LogP contribution in [0.25, 0.3) is 0 Å². The highest BCUT2D eigenvalue weighted by molar-refractivity contribution is 8.01. The van der Waals surface area contributed by atoms with Gasteiger partial charge >= 0.3 is 0 Å². The lowest BCUT2D eigenvalue weighted by Crippen LogP contribution is -2.11. The second-order valence-electron chi connectivity index (χ2n) is 3.17. The molecule has 0 aromatic carbocycles. The average molecular weight is 230 g/mol. The minimum atomic E-state index is 0.163. The smallest absolute Gasteiger partial charge is 0.170 e. The summed E-state index contributed by atoms with van der Waals surface area (Å²) >= 11 is 2.85. The summed E-state index contributed by atoms with van der Waals surface area (Å²) in [6.07, 6.45) is 0.911. The highest BCUT2D eigenvalue weighted by Gasteiger charge is 2.12. The summed E-state index contributed by atoms with van der Waals surface area (Å²) in [6, 6.07) is 0. The van der Waals surface area contributed by atoms with Crippen LogP contribution in [0.1, 0.15) is 26.1 Å². The van der Waals surface area contributed by atoms with Crippen LogP contribution in [0.3, 0.4) is 0 Å². The van der Waals surface area contributed by atoms with E-state index < -0.39 is 0 Å². The van der Waals surface area contributed by atoms with E-state index in [0.717, 1.165) is 16.6 Å². The summed E-state index contributed by atoms with van der Waals surface area (Å²) in [5.74, 6) is 1.76. The van der Waals surface area contributed by atoms with Crippen LogP contribution in [0.15, 0.2) is 4.34 Å². The van der Waals surface area contributed by atoms with Crippen molar-refractivity contribution in [3.63, 3.8) is 0 Å². The largest absolute Gasteiger partial charge is 0.298 e. The summed E-state index contributed by atoms with van der Waals surface area (Å²) in [5.41, 5.74) is 0. The summed E-state index contributed by atoms with van der Waals surface area (Å²) in [7, 11) is 0. The monoisotopic (exact) mass is 230 g/mol. The Kier molecular flexibility index (Phi) is 4.54. The number of aromatic nitrogens is 2. The number of carbonyl (C=O) groups is 1. The van der Waals surface area contributed by atoms with E-state index in [-0.39, 0.29) is 5.92 Å². The molecule has 0 spiro atoms. The van der Waals surface area contributed by atoms with E-state index in [1.165, 1.54) is 23.3 Å². The molecule has 1 aromatic rings. The van der Waals surface area contributed by atoms with Gasteiger partial charge in [-0.1, -0.05) is 25.6 Å². The van der Waals surface area contributed by atoms with Crippen LogP contribution in [0.2, 0.25) is 0 Å². The molecule has 0 N–H and O–H groups in total. The lowest BCUT2D eigenvalue weighted by molar-refractivity contribution is -0.119. The average Bonchev–Trinajstić information content (AvgIpc) is 2.59. The lowest BCUT2D eigenvalue weighted by atomic mass is 10.1. The van der Waals surface area contributed by atoms with Crippen molar-refractivity contribution in [2.45, 2.75) is 31.5 Å². The van der Waals surface area contributed by atoms with Crippen LogP contribution in [0.5, 0.6) is 0 Å². The Hall–Kier alpha value is -0.420. The van der Waals surface area contributed by atoms with Crippen LogP contribution in [-0.2, 0) is 4.79 Å². The first kappa shape index (κ1) is 11.7. The standard InChI is InChI=1S/C9H14N2OS2/c1-4-6(2)8(12)5-13-9-10-7(3)11-14-9/h6H,4-5H2,1-3H3. The summed E-state index contributed by atoms with van der Waals surface area (Å²) in [4.78, 5) is 15.7. The quantitative estimate of drug-likeness (QED) is 0.729. The second kappa shape index (κ2) is 5.46. The third-order valence-corrected chi connectivity index (χ3v) is 3.96. The molecule has 1 atom stereocenters. The van der Waals surface area contributed by atoms with Gasteiger partial charge in [0.05, 0.1) is 5.75 Å². The Morgan fingerprint density at radius 3 is 2.86 bits per heavy atom. The van der Waals surface area contributed by atoms with Crippen molar-refractivity contribution < 1.29 is 4.79 Å². The number of thioether (sulfide) groups is 1. The van der Waals surface area contributed by atoms with Crippen LogP contribution >= 0.6 is 23.3 Å². The van der Waals surface area contributed by atoms with E-state index in [0.29, 0.717) is 11.5 Å². The number of Topliss-reactive ketones (excluding diaryl/α,β-unsaturated/α-hetero) is 1. The van der Waals surface area contributed by atoms with Gasteiger partial charge < -0.3 is 0 Å². The van der Waals surface area contributed by atoms with Crippen LogP contribution in [0.4, 0.5) is 0 Å². The van der Waals surface area contributed by atoms with Gasteiger partial charge in [-0.2, -0.15) is 4.37 Å². The highest BCUT2D eigenvalue weighted by atomic mass is 32.2. The molecule has 1 heterocycles.